The number of ether oxygens (including phenoxy) is 1. The van der Waals surface area contributed by atoms with E-state index in [9.17, 15) is 9.90 Å². The summed E-state index contributed by atoms with van der Waals surface area (Å²) in [5, 5.41) is 9.18. The highest BCUT2D eigenvalue weighted by molar-refractivity contribution is 14.1. The Morgan fingerprint density at radius 3 is 2.62 bits per heavy atom. The third-order valence-corrected chi connectivity index (χ3v) is 2.63. The van der Waals surface area contributed by atoms with Crippen molar-refractivity contribution in [3.8, 4) is 12.3 Å². The van der Waals surface area contributed by atoms with Crippen LogP contribution in [-0.2, 0) is 9.53 Å². The molecule has 4 heteroatoms. The first kappa shape index (κ1) is 13.0. The number of aliphatic hydroxyl groups excluding tert-OH is 1. The number of hydrogen-bond acceptors (Lipinski definition) is 3. The molecule has 2 unspecified atom stereocenters. The lowest BCUT2D eigenvalue weighted by Crippen LogP contribution is -2.21. The van der Waals surface area contributed by atoms with Crippen molar-refractivity contribution in [3.05, 3.63) is 35.9 Å². The molecule has 0 heterocycles. The molecule has 84 valence electrons. The fourth-order valence-electron chi connectivity index (χ4n) is 1.22. The van der Waals surface area contributed by atoms with Crippen LogP contribution in [0.15, 0.2) is 30.3 Å². The van der Waals surface area contributed by atoms with Crippen LogP contribution in [0.1, 0.15) is 11.5 Å². The average molecular weight is 330 g/mol. The normalized spacial score (nSPS) is 13.6. The molecule has 0 aliphatic carbocycles. The maximum absolute atomic E-state index is 11.7. The van der Waals surface area contributed by atoms with Crippen LogP contribution in [0.25, 0.3) is 0 Å². The van der Waals surface area contributed by atoms with Gasteiger partial charge in [-0.2, -0.15) is 0 Å². The molecule has 0 aromatic heterocycles. The Balaban J connectivity index is 2.76. The summed E-state index contributed by atoms with van der Waals surface area (Å²) in [5.41, 5.74) is 0.718. The Bertz CT molecular complexity index is 383. The van der Waals surface area contributed by atoms with Crippen molar-refractivity contribution in [2.24, 2.45) is 0 Å². The first-order valence-electron chi connectivity index (χ1n) is 4.65. The number of terminal acetylenes is 1. The molecule has 0 spiro atoms. The fourth-order valence-corrected chi connectivity index (χ4v) is 1.47. The Kier molecular flexibility index (Phi) is 5.29. The van der Waals surface area contributed by atoms with Gasteiger partial charge in [0.2, 0.25) is 4.11 Å². The molecule has 1 aromatic carbocycles. The van der Waals surface area contributed by atoms with E-state index in [0.717, 1.165) is 5.56 Å². The summed E-state index contributed by atoms with van der Waals surface area (Å²) in [7, 11) is 0. The summed E-state index contributed by atoms with van der Waals surface area (Å²) < 4.78 is 4.35. The van der Waals surface area contributed by atoms with Gasteiger partial charge in [-0.25, -0.2) is 0 Å². The van der Waals surface area contributed by atoms with Crippen molar-refractivity contribution in [1.29, 1.82) is 0 Å². The van der Waals surface area contributed by atoms with Crippen LogP contribution in [0, 0.1) is 12.3 Å². The molecule has 0 bridgehead atoms. The molecular formula is C12H11IO3. The molecule has 1 aromatic rings. The van der Waals surface area contributed by atoms with Gasteiger partial charge in [0.25, 0.3) is 0 Å². The third-order valence-electron chi connectivity index (χ3n) is 2.02. The van der Waals surface area contributed by atoms with Crippen molar-refractivity contribution >= 4 is 28.6 Å². The summed E-state index contributed by atoms with van der Waals surface area (Å²) in [6, 6.07) is 8.97. The van der Waals surface area contributed by atoms with Crippen LogP contribution < -0.4 is 0 Å². The van der Waals surface area contributed by atoms with Gasteiger partial charge in [0, 0.05) is 0 Å². The summed E-state index contributed by atoms with van der Waals surface area (Å²) in [4.78, 5) is 11.7. The lowest BCUT2D eigenvalue weighted by Gasteiger charge is -2.14. The van der Waals surface area contributed by atoms with Gasteiger partial charge in [-0.1, -0.05) is 36.3 Å². The first-order chi connectivity index (χ1) is 7.69. The number of hydrogen-bond donors (Lipinski definition) is 1. The zero-order valence-electron chi connectivity index (χ0n) is 8.47. The zero-order chi connectivity index (χ0) is 12.0. The van der Waals surface area contributed by atoms with Crippen LogP contribution in [0.5, 0.6) is 0 Å². The monoisotopic (exact) mass is 330 g/mol. The van der Waals surface area contributed by atoms with E-state index in [1.807, 2.05) is 28.7 Å². The first-order valence-corrected chi connectivity index (χ1v) is 5.90. The Hall–Kier alpha value is -1.06. The number of esters is 1. The van der Waals surface area contributed by atoms with Gasteiger partial charge in [0.15, 0.2) is 0 Å². The lowest BCUT2D eigenvalue weighted by molar-refractivity contribution is -0.145. The Morgan fingerprint density at radius 1 is 1.50 bits per heavy atom. The zero-order valence-corrected chi connectivity index (χ0v) is 10.6. The standard InChI is InChI=1S/C12H11IO3/c1-2-11(13)16-12(15)10(8-14)9-6-4-3-5-7-9/h1,3-7,10-11,14H,8H2. The number of rotatable bonds is 4. The van der Waals surface area contributed by atoms with E-state index in [2.05, 4.69) is 5.92 Å². The van der Waals surface area contributed by atoms with Crippen molar-refractivity contribution in [2.75, 3.05) is 6.61 Å². The summed E-state index contributed by atoms with van der Waals surface area (Å²) >= 11 is 1.83. The maximum Gasteiger partial charge on any atom is 0.317 e. The molecule has 0 aliphatic rings. The molecule has 1 N–H and O–H groups in total. The topological polar surface area (TPSA) is 46.5 Å². The molecule has 0 fully saturated rings. The second-order valence-electron chi connectivity index (χ2n) is 3.07. The van der Waals surface area contributed by atoms with Gasteiger partial charge < -0.3 is 9.84 Å². The molecule has 0 aliphatic heterocycles. The van der Waals surface area contributed by atoms with Gasteiger partial charge in [0.1, 0.15) is 5.92 Å². The van der Waals surface area contributed by atoms with Gasteiger partial charge in [-0.15, -0.1) is 6.42 Å². The van der Waals surface area contributed by atoms with Crippen LogP contribution >= 0.6 is 22.6 Å². The van der Waals surface area contributed by atoms with Gasteiger partial charge in [0.05, 0.1) is 6.61 Å². The Labute approximate surface area is 108 Å². The Morgan fingerprint density at radius 2 is 2.12 bits per heavy atom. The molecule has 0 saturated heterocycles. The molecule has 1 rings (SSSR count). The minimum atomic E-state index is -0.674. The van der Waals surface area contributed by atoms with Crippen molar-refractivity contribution in [3.63, 3.8) is 0 Å². The molecular weight excluding hydrogens is 319 g/mol. The van der Waals surface area contributed by atoms with E-state index in [0.29, 0.717) is 0 Å². The van der Waals surface area contributed by atoms with E-state index in [1.165, 1.54) is 0 Å². The van der Waals surface area contributed by atoms with Gasteiger partial charge >= 0.3 is 5.97 Å². The van der Waals surface area contributed by atoms with Crippen LogP contribution in [0.2, 0.25) is 0 Å². The van der Waals surface area contributed by atoms with Gasteiger partial charge in [-0.3, -0.25) is 4.79 Å². The van der Waals surface area contributed by atoms with Crippen LogP contribution in [-0.4, -0.2) is 21.8 Å². The van der Waals surface area contributed by atoms with Crippen molar-refractivity contribution in [1.82, 2.24) is 0 Å². The highest BCUT2D eigenvalue weighted by Crippen LogP contribution is 2.18. The largest absolute Gasteiger partial charge is 0.439 e. The summed E-state index contributed by atoms with van der Waals surface area (Å²) in [6.45, 7) is -0.295. The summed E-state index contributed by atoms with van der Waals surface area (Å²) in [5.74, 6) is 1.11. The van der Waals surface area contributed by atoms with E-state index in [4.69, 9.17) is 11.2 Å². The van der Waals surface area contributed by atoms with Crippen LogP contribution in [0.4, 0.5) is 0 Å². The number of carbonyl (C=O) groups excluding carboxylic acids is 1. The summed E-state index contributed by atoms with van der Waals surface area (Å²) in [6.07, 6.45) is 5.10. The predicted molar refractivity (Wildman–Crippen MR) is 69.0 cm³/mol. The van der Waals surface area contributed by atoms with Crippen molar-refractivity contribution < 1.29 is 14.6 Å². The molecule has 2 atom stereocenters. The second kappa shape index (κ2) is 6.51. The molecule has 16 heavy (non-hydrogen) atoms. The molecule has 0 saturated carbocycles. The SMILES string of the molecule is C#CC(I)OC(=O)C(CO)c1ccccc1. The quantitative estimate of drug-likeness (QED) is 0.396. The molecule has 3 nitrogen and oxygen atoms in total. The highest BCUT2D eigenvalue weighted by atomic mass is 127. The second-order valence-corrected chi connectivity index (χ2v) is 4.20. The number of alkyl halides is 1. The third kappa shape index (κ3) is 3.51. The molecule has 0 amide bonds. The minimum Gasteiger partial charge on any atom is -0.439 e. The number of aliphatic hydroxyl groups is 1. The molecule has 0 radical (unpaired) electrons. The van der Waals surface area contributed by atoms with E-state index in [1.54, 1.807) is 24.3 Å². The average Bonchev–Trinajstić information content (AvgIpc) is 2.31. The highest BCUT2D eigenvalue weighted by Gasteiger charge is 2.22. The van der Waals surface area contributed by atoms with E-state index in [-0.39, 0.29) is 6.61 Å². The lowest BCUT2D eigenvalue weighted by atomic mass is 10.0. The maximum atomic E-state index is 11.7. The predicted octanol–water partition coefficient (Wildman–Crippen LogP) is 1.70. The minimum absolute atomic E-state index is 0.295. The van der Waals surface area contributed by atoms with Crippen LogP contribution in [0.3, 0.4) is 0 Å². The number of halogens is 1. The fraction of sp³-hybridized carbons (Fsp3) is 0.250. The van der Waals surface area contributed by atoms with Crippen molar-refractivity contribution in [2.45, 2.75) is 10.0 Å². The van der Waals surface area contributed by atoms with Gasteiger partial charge in [-0.05, 0) is 28.2 Å². The number of carbonyl (C=O) groups is 1. The van der Waals surface area contributed by atoms with E-state index < -0.39 is 16.0 Å². The number of benzene rings is 1. The smallest absolute Gasteiger partial charge is 0.317 e. The van der Waals surface area contributed by atoms with E-state index >= 15 is 0 Å².